The molecule has 0 N–H and O–H groups in total. The lowest BCUT2D eigenvalue weighted by atomic mass is 10.0. The van der Waals surface area contributed by atoms with Crippen LogP contribution >= 0.6 is 0 Å². The van der Waals surface area contributed by atoms with Crippen molar-refractivity contribution in [3.05, 3.63) is 65.7 Å². The summed E-state index contributed by atoms with van der Waals surface area (Å²) in [5.41, 5.74) is 2.46. The third kappa shape index (κ3) is 10.3. The first-order chi connectivity index (χ1) is 16.3. The number of ether oxygens (including phenoxy) is 2. The Morgan fingerprint density at radius 1 is 0.882 bits per heavy atom. The number of carbonyl (C=O) groups is 1. The highest BCUT2D eigenvalue weighted by Crippen LogP contribution is 2.24. The Bertz CT molecular complexity index is 834. The van der Waals surface area contributed by atoms with E-state index in [1.54, 1.807) is 0 Å². The van der Waals surface area contributed by atoms with Gasteiger partial charge in [0.25, 0.3) is 0 Å². The van der Waals surface area contributed by atoms with Crippen molar-refractivity contribution in [1.82, 2.24) is 0 Å². The fraction of sp³-hybridized carbons (Fsp3) is 0.567. The zero-order valence-corrected chi connectivity index (χ0v) is 22.1. The number of benzene rings is 2. The van der Waals surface area contributed by atoms with E-state index in [9.17, 15) is 4.79 Å². The molecule has 34 heavy (non-hydrogen) atoms. The summed E-state index contributed by atoms with van der Waals surface area (Å²) >= 11 is 0. The van der Waals surface area contributed by atoms with Crippen LogP contribution in [0.25, 0.3) is 0 Å². The molecule has 0 aliphatic carbocycles. The van der Waals surface area contributed by atoms with E-state index in [-0.39, 0.29) is 11.9 Å². The fourth-order valence-corrected chi connectivity index (χ4v) is 4.46. The average Bonchev–Trinajstić information content (AvgIpc) is 2.81. The van der Waals surface area contributed by atoms with Crippen molar-refractivity contribution in [2.45, 2.75) is 85.0 Å². The van der Waals surface area contributed by atoms with Crippen LogP contribution in [-0.4, -0.2) is 37.4 Å². The number of carbonyl (C=O) groups excluding carboxylic acids is 1. The number of unbranched alkanes of at least 4 members (excludes halogenated alkanes) is 5. The molecule has 0 aromatic heterocycles. The number of quaternary nitrogens is 1. The monoisotopic (exact) mass is 468 g/mol. The van der Waals surface area contributed by atoms with E-state index in [1.807, 2.05) is 32.0 Å². The lowest BCUT2D eigenvalue weighted by Crippen LogP contribution is -2.44. The molecule has 0 amide bonds. The lowest BCUT2D eigenvalue weighted by molar-refractivity contribution is -0.905. The number of hydrogen-bond acceptors (Lipinski definition) is 3. The largest absolute Gasteiger partial charge is 0.455 e. The van der Waals surface area contributed by atoms with E-state index in [1.165, 1.54) is 43.2 Å². The summed E-state index contributed by atoms with van der Waals surface area (Å²) in [5, 5.41) is 0. The predicted molar refractivity (Wildman–Crippen MR) is 141 cm³/mol. The van der Waals surface area contributed by atoms with Gasteiger partial charge in [0.2, 0.25) is 6.29 Å². The standard InChI is InChI=1S/C30H46NO3/c1-6-8-9-10-11-15-20-27-21-16-17-22-28(27)33-29(7-2)34-30(32)25(3)23-31(4,5)24-26-18-13-12-14-19-26/h12-14,16-19,21-22,25,29H,6-11,15,20,23-24H2,1-5H3/q+1. The third-order valence-electron chi connectivity index (χ3n) is 6.24. The molecule has 0 aliphatic rings. The zero-order chi connectivity index (χ0) is 24.8. The van der Waals surface area contributed by atoms with Crippen molar-refractivity contribution < 1.29 is 18.8 Å². The molecule has 4 nitrogen and oxygen atoms in total. The number of esters is 1. The van der Waals surface area contributed by atoms with Crippen molar-refractivity contribution >= 4 is 5.97 Å². The van der Waals surface area contributed by atoms with Gasteiger partial charge in [0.15, 0.2) is 0 Å². The van der Waals surface area contributed by atoms with Gasteiger partial charge in [-0.25, -0.2) is 0 Å². The van der Waals surface area contributed by atoms with Crippen LogP contribution in [0.3, 0.4) is 0 Å². The van der Waals surface area contributed by atoms with E-state index in [0.717, 1.165) is 29.6 Å². The molecule has 2 atom stereocenters. The first-order valence-electron chi connectivity index (χ1n) is 13.2. The van der Waals surface area contributed by atoms with Gasteiger partial charge in [-0.2, -0.15) is 0 Å². The minimum absolute atomic E-state index is 0.195. The molecule has 0 aliphatic heterocycles. The number of hydrogen-bond donors (Lipinski definition) is 0. The van der Waals surface area contributed by atoms with Crippen molar-refractivity contribution in [3.8, 4) is 5.75 Å². The SMILES string of the molecule is CCCCCCCCc1ccccc1OC(CC)OC(=O)C(C)C[N+](C)(C)Cc1ccccc1. The van der Waals surface area contributed by atoms with Gasteiger partial charge in [0, 0.05) is 12.0 Å². The van der Waals surface area contributed by atoms with Crippen LogP contribution in [0, 0.1) is 5.92 Å². The Kier molecular flexibility index (Phi) is 12.2. The summed E-state index contributed by atoms with van der Waals surface area (Å²) in [4.78, 5) is 12.9. The van der Waals surface area contributed by atoms with Gasteiger partial charge in [0.1, 0.15) is 18.2 Å². The van der Waals surface area contributed by atoms with E-state index < -0.39 is 6.29 Å². The summed E-state index contributed by atoms with van der Waals surface area (Å²) in [7, 11) is 4.31. The topological polar surface area (TPSA) is 35.5 Å². The van der Waals surface area contributed by atoms with Crippen LogP contribution in [0.1, 0.15) is 76.8 Å². The van der Waals surface area contributed by atoms with Crippen LogP contribution in [0.5, 0.6) is 5.75 Å². The molecular weight excluding hydrogens is 422 g/mol. The minimum Gasteiger partial charge on any atom is -0.455 e. The van der Waals surface area contributed by atoms with Crippen LogP contribution in [0.4, 0.5) is 0 Å². The maximum atomic E-state index is 12.9. The second-order valence-corrected chi connectivity index (χ2v) is 10.2. The van der Waals surface area contributed by atoms with E-state index in [2.05, 4.69) is 57.4 Å². The molecule has 0 saturated carbocycles. The van der Waals surface area contributed by atoms with Crippen LogP contribution in [0.15, 0.2) is 54.6 Å². The molecule has 0 saturated heterocycles. The highest BCUT2D eigenvalue weighted by molar-refractivity contribution is 5.72. The molecule has 0 heterocycles. The average molecular weight is 469 g/mol. The van der Waals surface area contributed by atoms with Crippen LogP contribution in [-0.2, 0) is 22.5 Å². The van der Waals surface area contributed by atoms with Crippen molar-refractivity contribution in [2.75, 3.05) is 20.6 Å². The quantitative estimate of drug-likeness (QED) is 0.113. The van der Waals surface area contributed by atoms with Gasteiger partial charge in [-0.15, -0.1) is 0 Å². The molecule has 2 unspecified atom stereocenters. The maximum absolute atomic E-state index is 12.9. The Morgan fingerprint density at radius 2 is 1.53 bits per heavy atom. The van der Waals surface area contributed by atoms with Gasteiger partial charge in [-0.1, -0.05) is 94.5 Å². The van der Waals surface area contributed by atoms with Gasteiger partial charge in [0.05, 0.1) is 20.6 Å². The van der Waals surface area contributed by atoms with Crippen molar-refractivity contribution in [3.63, 3.8) is 0 Å². The van der Waals surface area contributed by atoms with Crippen LogP contribution < -0.4 is 4.74 Å². The predicted octanol–water partition coefficient (Wildman–Crippen LogP) is 7.16. The van der Waals surface area contributed by atoms with Crippen molar-refractivity contribution in [2.24, 2.45) is 5.92 Å². The summed E-state index contributed by atoms with van der Waals surface area (Å²) < 4.78 is 12.7. The number of para-hydroxylation sites is 1. The van der Waals surface area contributed by atoms with E-state index in [0.29, 0.717) is 13.0 Å². The first-order valence-corrected chi connectivity index (χ1v) is 13.2. The fourth-order valence-electron chi connectivity index (χ4n) is 4.46. The van der Waals surface area contributed by atoms with E-state index >= 15 is 0 Å². The minimum atomic E-state index is -0.564. The van der Waals surface area contributed by atoms with Gasteiger partial charge in [-0.3, -0.25) is 4.79 Å². The normalized spacial score (nSPS) is 13.3. The second-order valence-electron chi connectivity index (χ2n) is 10.2. The third-order valence-corrected chi connectivity index (χ3v) is 6.24. The van der Waals surface area contributed by atoms with Gasteiger partial charge < -0.3 is 14.0 Å². The Hall–Kier alpha value is -2.33. The molecule has 188 valence electrons. The molecule has 4 heteroatoms. The highest BCUT2D eigenvalue weighted by Gasteiger charge is 2.28. The zero-order valence-electron chi connectivity index (χ0n) is 22.1. The first kappa shape index (κ1) is 27.9. The number of nitrogens with zero attached hydrogens (tertiary/aromatic N) is 1. The molecule has 2 aromatic rings. The van der Waals surface area contributed by atoms with Crippen molar-refractivity contribution in [1.29, 1.82) is 0 Å². The smallest absolute Gasteiger partial charge is 0.317 e. The van der Waals surface area contributed by atoms with Gasteiger partial charge in [-0.05, 0) is 31.4 Å². The molecule has 2 aromatic carbocycles. The second kappa shape index (κ2) is 14.8. The molecule has 0 bridgehead atoms. The Morgan fingerprint density at radius 3 is 2.24 bits per heavy atom. The summed E-state index contributed by atoms with van der Waals surface area (Å²) in [5.74, 6) is 0.429. The molecule has 0 spiro atoms. The van der Waals surface area contributed by atoms with Crippen LogP contribution in [0.2, 0.25) is 0 Å². The Balaban J connectivity index is 1.87. The summed E-state index contributed by atoms with van der Waals surface area (Å²) in [6.45, 7) is 7.77. The highest BCUT2D eigenvalue weighted by atomic mass is 16.7. The Labute approximate surface area is 207 Å². The molecular formula is C30H46NO3+. The maximum Gasteiger partial charge on any atom is 0.317 e. The molecule has 2 rings (SSSR count). The summed E-state index contributed by atoms with van der Waals surface area (Å²) in [6.07, 6.45) is 8.66. The number of rotatable bonds is 16. The lowest BCUT2D eigenvalue weighted by Gasteiger charge is -2.32. The van der Waals surface area contributed by atoms with Gasteiger partial charge >= 0.3 is 5.97 Å². The number of aryl methyl sites for hydroxylation is 1. The van der Waals surface area contributed by atoms with E-state index in [4.69, 9.17) is 9.47 Å². The summed E-state index contributed by atoms with van der Waals surface area (Å²) in [6, 6.07) is 18.6. The molecule has 0 fully saturated rings. The molecule has 0 radical (unpaired) electrons.